The van der Waals surface area contributed by atoms with Crippen molar-refractivity contribution in [2.45, 2.75) is 99.5 Å². The first-order chi connectivity index (χ1) is 18.8. The van der Waals surface area contributed by atoms with Crippen LogP contribution in [0.5, 0.6) is 17.2 Å². The zero-order chi connectivity index (χ0) is 28.4. The van der Waals surface area contributed by atoms with Crippen LogP contribution in [0.4, 0.5) is 0 Å². The molecule has 0 heterocycles. The summed E-state index contributed by atoms with van der Waals surface area (Å²) in [5.41, 5.74) is 1.81. The average Bonchev–Trinajstić information content (AvgIpc) is 2.93. The number of carbonyl (C=O) groups excluding carboxylic acids is 1. The number of benzene rings is 3. The maximum absolute atomic E-state index is 12.4. The summed E-state index contributed by atoms with van der Waals surface area (Å²) in [6.07, 6.45) is 7.49. The van der Waals surface area contributed by atoms with Crippen LogP contribution in [0.2, 0.25) is 13.3 Å². The van der Waals surface area contributed by atoms with E-state index < -0.39 is 18.4 Å². The fourth-order valence-corrected chi connectivity index (χ4v) is 21.7. The van der Waals surface area contributed by atoms with Gasteiger partial charge in [-0.15, -0.1) is 0 Å². The van der Waals surface area contributed by atoms with Gasteiger partial charge in [-0.2, -0.15) is 0 Å². The van der Waals surface area contributed by atoms with E-state index >= 15 is 0 Å². The molecule has 0 N–H and O–H groups in total. The van der Waals surface area contributed by atoms with Crippen LogP contribution in [0, 0.1) is 0 Å². The van der Waals surface area contributed by atoms with E-state index in [1.165, 1.54) is 58.8 Å². The van der Waals surface area contributed by atoms with E-state index in [0.29, 0.717) is 11.5 Å². The molecule has 0 fully saturated rings. The minimum absolute atomic E-state index is 0.107. The van der Waals surface area contributed by atoms with Gasteiger partial charge in [0, 0.05) is 0 Å². The molecule has 0 aromatic heterocycles. The molecule has 3 rings (SSSR count). The van der Waals surface area contributed by atoms with Gasteiger partial charge in [-0.25, -0.2) is 0 Å². The van der Waals surface area contributed by atoms with Gasteiger partial charge in [-0.1, -0.05) is 0 Å². The number of ether oxygens (including phenoxy) is 3. The van der Waals surface area contributed by atoms with E-state index in [2.05, 4.69) is 51.1 Å². The van der Waals surface area contributed by atoms with Crippen molar-refractivity contribution in [1.29, 1.82) is 0 Å². The average molecular weight is 639 g/mol. The first-order valence-electron chi connectivity index (χ1n) is 14.9. The Kier molecular flexibility index (Phi) is 12.0. The second kappa shape index (κ2) is 15.0. The predicted octanol–water partition coefficient (Wildman–Crippen LogP) is 9.28. The SMILES string of the molecule is CCC[CH2][Sn]([CH2]CCC)([CH2]CCC)[c]1ccc2c(OC(C)=O)c(OC(C)C)c(-c3ccccc3)c(OC)c2c1. The Hall–Kier alpha value is -2.21. The Bertz CT molecular complexity index is 1200. The molecule has 4 nitrogen and oxygen atoms in total. The molecule has 3 aromatic rings. The van der Waals surface area contributed by atoms with Crippen molar-refractivity contribution >= 4 is 38.7 Å². The van der Waals surface area contributed by atoms with E-state index in [-0.39, 0.29) is 12.1 Å². The zero-order valence-electron chi connectivity index (χ0n) is 25.2. The molecule has 0 spiro atoms. The van der Waals surface area contributed by atoms with Crippen molar-refractivity contribution in [1.82, 2.24) is 0 Å². The van der Waals surface area contributed by atoms with Gasteiger partial charge in [0.15, 0.2) is 0 Å². The number of hydrogen-bond donors (Lipinski definition) is 0. The van der Waals surface area contributed by atoms with Gasteiger partial charge in [0.1, 0.15) is 0 Å². The van der Waals surface area contributed by atoms with E-state index in [1.807, 2.05) is 32.0 Å². The Labute approximate surface area is 240 Å². The molecule has 0 radical (unpaired) electrons. The fraction of sp³-hybridized carbons (Fsp3) is 0.500. The Morgan fingerprint density at radius 3 is 1.87 bits per heavy atom. The monoisotopic (exact) mass is 640 g/mol. The third-order valence-corrected chi connectivity index (χ3v) is 23.3. The molecule has 3 aromatic carbocycles. The molecule has 0 bridgehead atoms. The molecule has 0 saturated carbocycles. The van der Waals surface area contributed by atoms with E-state index in [1.54, 1.807) is 10.7 Å². The second-order valence-electron chi connectivity index (χ2n) is 11.0. The van der Waals surface area contributed by atoms with Crippen LogP contribution in [0.3, 0.4) is 0 Å². The van der Waals surface area contributed by atoms with Gasteiger partial charge in [0.25, 0.3) is 0 Å². The van der Waals surface area contributed by atoms with Gasteiger partial charge >= 0.3 is 241 Å². The topological polar surface area (TPSA) is 44.8 Å². The Morgan fingerprint density at radius 2 is 1.38 bits per heavy atom. The van der Waals surface area contributed by atoms with Crippen molar-refractivity contribution < 1.29 is 19.0 Å². The van der Waals surface area contributed by atoms with Crippen molar-refractivity contribution in [2.75, 3.05) is 7.11 Å². The zero-order valence-corrected chi connectivity index (χ0v) is 28.0. The van der Waals surface area contributed by atoms with E-state index in [0.717, 1.165) is 27.6 Å². The van der Waals surface area contributed by atoms with Crippen LogP contribution < -0.4 is 17.8 Å². The van der Waals surface area contributed by atoms with Crippen molar-refractivity contribution in [3.05, 3.63) is 48.5 Å². The number of rotatable bonds is 15. The van der Waals surface area contributed by atoms with E-state index in [4.69, 9.17) is 14.2 Å². The van der Waals surface area contributed by atoms with Crippen LogP contribution >= 0.6 is 0 Å². The summed E-state index contributed by atoms with van der Waals surface area (Å²) in [5, 5.41) is 1.87. The molecule has 0 amide bonds. The van der Waals surface area contributed by atoms with Crippen LogP contribution in [0.15, 0.2) is 48.5 Å². The van der Waals surface area contributed by atoms with Crippen molar-refractivity contribution in [2.24, 2.45) is 0 Å². The second-order valence-corrected chi connectivity index (χ2v) is 24.3. The maximum atomic E-state index is 12.4. The summed E-state index contributed by atoms with van der Waals surface area (Å²) in [5.74, 6) is 1.46. The molecular weight excluding hydrogens is 591 g/mol. The molecule has 0 aliphatic carbocycles. The summed E-state index contributed by atoms with van der Waals surface area (Å²) >= 11 is -2.73. The molecule has 39 heavy (non-hydrogen) atoms. The predicted molar refractivity (Wildman–Crippen MR) is 168 cm³/mol. The Morgan fingerprint density at radius 1 is 0.795 bits per heavy atom. The van der Waals surface area contributed by atoms with Gasteiger partial charge in [0.05, 0.1) is 0 Å². The normalized spacial score (nSPS) is 11.7. The summed E-state index contributed by atoms with van der Waals surface area (Å²) in [6, 6.07) is 17.1. The standard InChI is InChI=1S/C22H21O4.3C4H9.Sn/c1-14(2)25-22-19(16-10-6-5-7-11-16)20(24-4)17-12-8-9-13-18(17)21(22)26-15(3)23;3*1-3-4-2;/h5-7,9-14H,1-4H3;3*1,3-4H2,2H3;. The molecule has 0 aliphatic heterocycles. The summed E-state index contributed by atoms with van der Waals surface area (Å²) in [4.78, 5) is 12.4. The minimum atomic E-state index is -2.73. The van der Waals surface area contributed by atoms with Gasteiger partial charge in [-0.3, -0.25) is 0 Å². The van der Waals surface area contributed by atoms with Gasteiger partial charge in [-0.05, 0) is 0 Å². The summed E-state index contributed by atoms with van der Waals surface area (Å²) < 4.78 is 24.3. The molecule has 0 aliphatic rings. The molecule has 0 atom stereocenters. The number of carbonyl (C=O) groups is 1. The third-order valence-electron chi connectivity index (χ3n) is 7.67. The summed E-state index contributed by atoms with van der Waals surface area (Å²) in [6.45, 7) is 12.4. The molecular formula is C34H48O4Sn. The number of methoxy groups -OCH3 is 1. The van der Waals surface area contributed by atoms with Crippen LogP contribution in [0.25, 0.3) is 21.9 Å². The van der Waals surface area contributed by atoms with Crippen LogP contribution in [0.1, 0.15) is 80.1 Å². The van der Waals surface area contributed by atoms with Crippen molar-refractivity contribution in [3.8, 4) is 28.4 Å². The fourth-order valence-electron chi connectivity index (χ4n) is 5.76. The van der Waals surface area contributed by atoms with Gasteiger partial charge < -0.3 is 0 Å². The quantitative estimate of drug-likeness (QED) is 0.0945. The van der Waals surface area contributed by atoms with Crippen molar-refractivity contribution in [3.63, 3.8) is 0 Å². The summed E-state index contributed by atoms with van der Waals surface area (Å²) in [7, 11) is 1.74. The molecule has 212 valence electrons. The number of hydrogen-bond acceptors (Lipinski definition) is 4. The number of unbranched alkanes of at least 4 members (excludes halogenated alkanes) is 3. The molecule has 5 heteroatoms. The first kappa shape index (κ1) is 31.3. The number of fused-ring (bicyclic) bond motifs is 1. The van der Waals surface area contributed by atoms with Crippen LogP contribution in [-0.4, -0.2) is 37.6 Å². The Balaban J connectivity index is 2.43. The van der Waals surface area contributed by atoms with Crippen LogP contribution in [-0.2, 0) is 4.79 Å². The molecule has 0 unspecified atom stereocenters. The number of esters is 1. The first-order valence-corrected chi connectivity index (χ1v) is 22.4. The third kappa shape index (κ3) is 7.50. The van der Waals surface area contributed by atoms with E-state index in [9.17, 15) is 4.79 Å². The van der Waals surface area contributed by atoms with Gasteiger partial charge in [0.2, 0.25) is 0 Å². The molecule has 0 saturated heterocycles.